The number of anilines is 1. The lowest BCUT2D eigenvalue weighted by Gasteiger charge is -2.29. The molecule has 1 aromatic carbocycles. The molecule has 1 heterocycles. The maximum atomic E-state index is 9.19. The summed E-state index contributed by atoms with van der Waals surface area (Å²) in [5.41, 5.74) is 1.85. The van der Waals surface area contributed by atoms with E-state index in [1.165, 1.54) is 0 Å². The van der Waals surface area contributed by atoms with E-state index in [1.54, 1.807) is 0 Å². The molecule has 1 atom stereocenters. The number of para-hydroxylation sites is 1. The van der Waals surface area contributed by atoms with Crippen molar-refractivity contribution in [3.05, 3.63) is 29.8 Å². The molecule has 0 saturated carbocycles. The van der Waals surface area contributed by atoms with Crippen molar-refractivity contribution in [2.24, 2.45) is 0 Å². The summed E-state index contributed by atoms with van der Waals surface area (Å²) in [6.07, 6.45) is -1.00. The van der Waals surface area contributed by atoms with Crippen LogP contribution in [0.4, 0.5) is 5.69 Å². The molecule has 1 unspecified atom stereocenters. The normalized spacial score (nSPS) is 23.0. The lowest BCUT2D eigenvalue weighted by molar-refractivity contribution is -0.195. The lowest BCUT2D eigenvalue weighted by atomic mass is 10.1. The maximum Gasteiger partial charge on any atom is 0.206 e. The SMILES string of the molecule is OC1Nc2ccccc2CN1O. The second kappa shape index (κ2) is 2.75. The summed E-state index contributed by atoms with van der Waals surface area (Å²) in [5.74, 6) is 0. The highest BCUT2D eigenvalue weighted by Gasteiger charge is 2.20. The van der Waals surface area contributed by atoms with Crippen molar-refractivity contribution in [2.45, 2.75) is 12.9 Å². The van der Waals surface area contributed by atoms with Gasteiger partial charge in [0.2, 0.25) is 6.35 Å². The molecule has 0 fully saturated rings. The molecule has 0 amide bonds. The number of hydroxylamine groups is 2. The molecule has 4 nitrogen and oxygen atoms in total. The van der Waals surface area contributed by atoms with Gasteiger partial charge in [0.15, 0.2) is 0 Å². The first-order valence-corrected chi connectivity index (χ1v) is 3.75. The number of fused-ring (bicyclic) bond motifs is 1. The van der Waals surface area contributed by atoms with Crippen LogP contribution in [0.5, 0.6) is 0 Å². The summed E-state index contributed by atoms with van der Waals surface area (Å²) in [6, 6.07) is 7.54. The highest BCUT2D eigenvalue weighted by molar-refractivity contribution is 5.52. The van der Waals surface area contributed by atoms with Crippen LogP contribution in [0.15, 0.2) is 24.3 Å². The highest BCUT2D eigenvalue weighted by atomic mass is 16.5. The first-order chi connectivity index (χ1) is 5.77. The van der Waals surface area contributed by atoms with Crippen molar-refractivity contribution < 1.29 is 10.3 Å². The number of aliphatic hydroxyl groups is 1. The molecule has 0 spiro atoms. The smallest absolute Gasteiger partial charge is 0.206 e. The fourth-order valence-corrected chi connectivity index (χ4v) is 1.27. The molecule has 3 N–H and O–H groups in total. The van der Waals surface area contributed by atoms with Gasteiger partial charge in [-0.15, -0.1) is 5.06 Å². The van der Waals surface area contributed by atoms with Crippen molar-refractivity contribution in [3.8, 4) is 0 Å². The van der Waals surface area contributed by atoms with Gasteiger partial charge < -0.3 is 15.6 Å². The number of benzene rings is 1. The van der Waals surface area contributed by atoms with Crippen LogP contribution in [-0.4, -0.2) is 21.7 Å². The third kappa shape index (κ3) is 1.16. The lowest BCUT2D eigenvalue weighted by Crippen LogP contribution is -2.41. The Labute approximate surface area is 70.0 Å². The van der Waals surface area contributed by atoms with Gasteiger partial charge in [0.05, 0.1) is 6.54 Å². The third-order valence-corrected chi connectivity index (χ3v) is 1.92. The number of nitrogens with one attached hydrogen (secondary N) is 1. The van der Waals surface area contributed by atoms with E-state index in [0.717, 1.165) is 16.3 Å². The molecule has 12 heavy (non-hydrogen) atoms. The van der Waals surface area contributed by atoms with Crippen LogP contribution in [0.3, 0.4) is 0 Å². The molecule has 0 saturated heterocycles. The first kappa shape index (κ1) is 7.54. The average Bonchev–Trinajstić information content (AvgIpc) is 2.07. The highest BCUT2D eigenvalue weighted by Crippen LogP contribution is 2.22. The fraction of sp³-hybridized carbons (Fsp3) is 0.250. The Morgan fingerprint density at radius 2 is 2.17 bits per heavy atom. The van der Waals surface area contributed by atoms with Gasteiger partial charge in [0.1, 0.15) is 0 Å². The second-order valence-electron chi connectivity index (χ2n) is 2.77. The van der Waals surface area contributed by atoms with Crippen molar-refractivity contribution in [2.75, 3.05) is 5.32 Å². The van der Waals surface area contributed by atoms with E-state index in [9.17, 15) is 5.11 Å². The standard InChI is InChI=1S/C8H10N2O2/c11-8-9-7-4-2-1-3-6(7)5-10(8)12/h1-4,8-9,11-12H,5H2. The molecular formula is C8H10N2O2. The minimum Gasteiger partial charge on any atom is -0.359 e. The van der Waals surface area contributed by atoms with Crippen LogP contribution >= 0.6 is 0 Å². The third-order valence-electron chi connectivity index (χ3n) is 1.92. The zero-order valence-corrected chi connectivity index (χ0v) is 6.44. The number of nitrogens with zero attached hydrogens (tertiary/aromatic N) is 1. The van der Waals surface area contributed by atoms with Gasteiger partial charge >= 0.3 is 0 Å². The van der Waals surface area contributed by atoms with E-state index in [4.69, 9.17) is 5.21 Å². The van der Waals surface area contributed by atoms with Gasteiger partial charge in [-0.2, -0.15) is 0 Å². The topological polar surface area (TPSA) is 55.7 Å². The number of rotatable bonds is 0. The molecule has 0 bridgehead atoms. The predicted octanol–water partition coefficient (Wildman–Crippen LogP) is 0.579. The van der Waals surface area contributed by atoms with E-state index in [0.29, 0.717) is 6.54 Å². The van der Waals surface area contributed by atoms with Crippen molar-refractivity contribution in [3.63, 3.8) is 0 Å². The predicted molar refractivity (Wildman–Crippen MR) is 43.4 cm³/mol. The van der Waals surface area contributed by atoms with E-state index >= 15 is 0 Å². The van der Waals surface area contributed by atoms with Gasteiger partial charge in [-0.3, -0.25) is 0 Å². The summed E-state index contributed by atoms with van der Waals surface area (Å²) in [5, 5.41) is 21.9. The van der Waals surface area contributed by atoms with Crippen molar-refractivity contribution >= 4 is 5.69 Å². The van der Waals surface area contributed by atoms with Crippen LogP contribution in [-0.2, 0) is 6.54 Å². The summed E-state index contributed by atoms with van der Waals surface area (Å²) in [6.45, 7) is 0.352. The quantitative estimate of drug-likeness (QED) is 0.527. The largest absolute Gasteiger partial charge is 0.359 e. The van der Waals surface area contributed by atoms with Gasteiger partial charge in [-0.25, -0.2) is 0 Å². The minimum absolute atomic E-state index is 0.352. The molecule has 0 aromatic heterocycles. The second-order valence-corrected chi connectivity index (χ2v) is 2.77. The number of aliphatic hydroxyl groups excluding tert-OH is 1. The number of hydrogen-bond donors (Lipinski definition) is 3. The zero-order chi connectivity index (χ0) is 8.55. The molecule has 2 rings (SSSR count). The Bertz CT molecular complexity index is 261. The van der Waals surface area contributed by atoms with Crippen LogP contribution in [0.1, 0.15) is 5.56 Å². The van der Waals surface area contributed by atoms with Crippen LogP contribution < -0.4 is 5.32 Å². The van der Waals surface area contributed by atoms with Gasteiger partial charge in [-0.1, -0.05) is 18.2 Å². The Morgan fingerprint density at radius 3 is 3.00 bits per heavy atom. The Morgan fingerprint density at radius 1 is 1.42 bits per heavy atom. The van der Waals surface area contributed by atoms with Gasteiger partial charge in [0.25, 0.3) is 0 Å². The van der Waals surface area contributed by atoms with Gasteiger partial charge in [0, 0.05) is 5.69 Å². The van der Waals surface area contributed by atoms with Crippen molar-refractivity contribution in [1.29, 1.82) is 0 Å². The molecular weight excluding hydrogens is 156 g/mol. The molecule has 64 valence electrons. The van der Waals surface area contributed by atoms with E-state index in [-0.39, 0.29) is 0 Å². The molecule has 0 radical (unpaired) electrons. The summed E-state index contributed by atoms with van der Waals surface area (Å²) in [4.78, 5) is 0. The molecule has 1 aliphatic heterocycles. The fourth-order valence-electron chi connectivity index (χ4n) is 1.27. The van der Waals surface area contributed by atoms with Crippen LogP contribution in [0.25, 0.3) is 0 Å². The number of hydrogen-bond acceptors (Lipinski definition) is 4. The van der Waals surface area contributed by atoms with Crippen LogP contribution in [0.2, 0.25) is 0 Å². The summed E-state index contributed by atoms with van der Waals surface area (Å²) >= 11 is 0. The van der Waals surface area contributed by atoms with E-state index in [1.807, 2.05) is 24.3 Å². The maximum absolute atomic E-state index is 9.19. The Balaban J connectivity index is 2.34. The van der Waals surface area contributed by atoms with Crippen LogP contribution in [0, 0.1) is 0 Å². The molecule has 1 aliphatic rings. The monoisotopic (exact) mass is 166 g/mol. The van der Waals surface area contributed by atoms with Crippen molar-refractivity contribution in [1.82, 2.24) is 5.06 Å². The first-order valence-electron chi connectivity index (χ1n) is 3.75. The Kier molecular flexibility index (Phi) is 1.73. The van der Waals surface area contributed by atoms with E-state index < -0.39 is 6.35 Å². The summed E-state index contributed by atoms with van der Waals surface area (Å²) < 4.78 is 0. The van der Waals surface area contributed by atoms with Gasteiger partial charge in [-0.05, 0) is 11.6 Å². The molecule has 4 heteroatoms. The average molecular weight is 166 g/mol. The van der Waals surface area contributed by atoms with E-state index in [2.05, 4.69) is 5.32 Å². The Hall–Kier alpha value is -1.10. The minimum atomic E-state index is -1.00. The summed E-state index contributed by atoms with van der Waals surface area (Å²) in [7, 11) is 0. The molecule has 0 aliphatic carbocycles. The zero-order valence-electron chi connectivity index (χ0n) is 6.44. The molecule has 1 aromatic rings.